The summed E-state index contributed by atoms with van der Waals surface area (Å²) in [6.07, 6.45) is 2.79. The topological polar surface area (TPSA) is 39.4 Å². The van der Waals surface area contributed by atoms with Crippen LogP contribution in [0, 0.1) is 0 Å². The van der Waals surface area contributed by atoms with Crippen molar-refractivity contribution in [3.05, 3.63) is 75.6 Å². The first-order valence-electron chi connectivity index (χ1n) is 7.56. The third kappa shape index (κ3) is 2.29. The number of rotatable bonds is 3. The molecule has 0 radical (unpaired) electrons. The van der Waals surface area contributed by atoms with Crippen LogP contribution in [-0.2, 0) is 19.4 Å². The zero-order chi connectivity index (χ0) is 14.9. The maximum absolute atomic E-state index is 11.9. The third-order valence-electron chi connectivity index (χ3n) is 4.19. The molecule has 1 aromatic heterocycles. The molecule has 22 heavy (non-hydrogen) atoms. The summed E-state index contributed by atoms with van der Waals surface area (Å²) in [7, 11) is 0. The van der Waals surface area contributed by atoms with E-state index in [2.05, 4.69) is 0 Å². The van der Waals surface area contributed by atoms with Crippen LogP contribution in [0.5, 0.6) is 5.75 Å². The Labute approximate surface area is 128 Å². The molecule has 0 unspecified atom stereocenters. The van der Waals surface area contributed by atoms with E-state index < -0.39 is 0 Å². The summed E-state index contributed by atoms with van der Waals surface area (Å²) in [5.41, 5.74) is 3.58. The Morgan fingerprint density at radius 3 is 2.68 bits per heavy atom. The Bertz CT molecular complexity index is 878. The molecule has 0 saturated carbocycles. The van der Waals surface area contributed by atoms with Crippen molar-refractivity contribution in [1.82, 2.24) is 0 Å². The van der Waals surface area contributed by atoms with E-state index in [1.807, 2.05) is 48.5 Å². The quantitative estimate of drug-likeness (QED) is 0.688. The predicted octanol–water partition coefficient (Wildman–Crippen LogP) is 3.86. The van der Waals surface area contributed by atoms with Crippen LogP contribution in [0.25, 0.3) is 11.0 Å². The summed E-state index contributed by atoms with van der Waals surface area (Å²) < 4.78 is 11.3. The standard InChI is InChI=1S/C19H16O3/c20-19-16-8-4-7-15(16)17-11-14(9-10-18(17)22-19)21-12-13-5-2-1-3-6-13/h1-3,5-6,9-11H,4,7-8,12H2. The van der Waals surface area contributed by atoms with Gasteiger partial charge in [0.25, 0.3) is 0 Å². The molecule has 1 aliphatic rings. The molecule has 4 rings (SSSR count). The largest absolute Gasteiger partial charge is 0.489 e. The van der Waals surface area contributed by atoms with E-state index in [1.54, 1.807) is 0 Å². The molecule has 0 fully saturated rings. The van der Waals surface area contributed by atoms with Crippen molar-refractivity contribution in [1.29, 1.82) is 0 Å². The molecule has 0 N–H and O–H groups in total. The lowest BCUT2D eigenvalue weighted by Crippen LogP contribution is -2.06. The van der Waals surface area contributed by atoms with Gasteiger partial charge in [0.05, 0.1) is 0 Å². The van der Waals surface area contributed by atoms with Crippen LogP contribution in [-0.4, -0.2) is 0 Å². The molecule has 110 valence electrons. The van der Waals surface area contributed by atoms with Gasteiger partial charge >= 0.3 is 5.63 Å². The van der Waals surface area contributed by atoms with Gasteiger partial charge in [-0.2, -0.15) is 0 Å². The Balaban J connectivity index is 1.69. The predicted molar refractivity (Wildman–Crippen MR) is 85.3 cm³/mol. The zero-order valence-electron chi connectivity index (χ0n) is 12.2. The normalized spacial score (nSPS) is 13.3. The molecule has 1 heterocycles. The summed E-state index contributed by atoms with van der Waals surface area (Å²) in [5.74, 6) is 0.805. The lowest BCUT2D eigenvalue weighted by Gasteiger charge is -2.09. The molecule has 0 saturated heterocycles. The van der Waals surface area contributed by atoms with E-state index in [9.17, 15) is 4.79 Å². The fraction of sp³-hybridized carbons (Fsp3) is 0.211. The average Bonchev–Trinajstić information content (AvgIpc) is 3.05. The summed E-state index contributed by atoms with van der Waals surface area (Å²) in [5, 5.41) is 1.01. The van der Waals surface area contributed by atoms with Crippen molar-refractivity contribution < 1.29 is 9.15 Å². The lowest BCUT2D eigenvalue weighted by molar-refractivity contribution is 0.306. The molecular formula is C19H16O3. The van der Waals surface area contributed by atoms with Gasteiger partial charge in [0.1, 0.15) is 17.9 Å². The van der Waals surface area contributed by atoms with E-state index >= 15 is 0 Å². The number of hydrogen-bond acceptors (Lipinski definition) is 3. The first-order valence-corrected chi connectivity index (χ1v) is 7.56. The second-order valence-corrected chi connectivity index (χ2v) is 5.63. The molecule has 3 heteroatoms. The van der Waals surface area contributed by atoms with Gasteiger partial charge in [0, 0.05) is 10.9 Å². The van der Waals surface area contributed by atoms with Crippen LogP contribution in [0.2, 0.25) is 0 Å². The van der Waals surface area contributed by atoms with Crippen LogP contribution < -0.4 is 10.4 Å². The van der Waals surface area contributed by atoms with Gasteiger partial charge in [-0.1, -0.05) is 30.3 Å². The summed E-state index contributed by atoms with van der Waals surface area (Å²) >= 11 is 0. The number of hydrogen-bond donors (Lipinski definition) is 0. The van der Waals surface area contributed by atoms with Crippen molar-refractivity contribution in [3.8, 4) is 5.75 Å². The molecule has 0 spiro atoms. The maximum atomic E-state index is 11.9. The number of fused-ring (bicyclic) bond motifs is 3. The van der Waals surface area contributed by atoms with Gasteiger partial charge in [-0.05, 0) is 48.6 Å². The van der Waals surface area contributed by atoms with Gasteiger partial charge in [0.2, 0.25) is 0 Å². The van der Waals surface area contributed by atoms with Crippen LogP contribution in [0.1, 0.15) is 23.1 Å². The maximum Gasteiger partial charge on any atom is 0.339 e. The highest BCUT2D eigenvalue weighted by Gasteiger charge is 2.19. The highest BCUT2D eigenvalue weighted by atomic mass is 16.5. The van der Waals surface area contributed by atoms with Crippen molar-refractivity contribution in [2.45, 2.75) is 25.9 Å². The molecule has 3 nitrogen and oxygen atoms in total. The molecule has 0 atom stereocenters. The van der Waals surface area contributed by atoms with Gasteiger partial charge in [-0.25, -0.2) is 4.79 Å². The van der Waals surface area contributed by atoms with Gasteiger partial charge in [-0.3, -0.25) is 0 Å². The minimum absolute atomic E-state index is 0.182. The second kappa shape index (κ2) is 5.34. The van der Waals surface area contributed by atoms with Gasteiger partial charge in [-0.15, -0.1) is 0 Å². The minimum Gasteiger partial charge on any atom is -0.489 e. The van der Waals surface area contributed by atoms with E-state index in [4.69, 9.17) is 9.15 Å². The van der Waals surface area contributed by atoms with Crippen molar-refractivity contribution in [2.24, 2.45) is 0 Å². The monoisotopic (exact) mass is 292 g/mol. The smallest absolute Gasteiger partial charge is 0.339 e. The van der Waals surface area contributed by atoms with Crippen LogP contribution in [0.3, 0.4) is 0 Å². The first-order chi connectivity index (χ1) is 10.8. The van der Waals surface area contributed by atoms with Crippen molar-refractivity contribution in [3.63, 3.8) is 0 Å². The van der Waals surface area contributed by atoms with E-state index in [1.165, 1.54) is 0 Å². The van der Waals surface area contributed by atoms with Crippen molar-refractivity contribution >= 4 is 11.0 Å². The molecule has 0 bridgehead atoms. The van der Waals surface area contributed by atoms with Crippen LogP contribution in [0.15, 0.2) is 57.7 Å². The zero-order valence-corrected chi connectivity index (χ0v) is 12.2. The fourth-order valence-corrected chi connectivity index (χ4v) is 3.09. The number of ether oxygens (including phenoxy) is 1. The fourth-order valence-electron chi connectivity index (χ4n) is 3.09. The highest BCUT2D eigenvalue weighted by Crippen LogP contribution is 2.30. The third-order valence-corrected chi connectivity index (χ3v) is 4.19. The molecular weight excluding hydrogens is 276 g/mol. The van der Waals surface area contributed by atoms with E-state index in [-0.39, 0.29) is 5.63 Å². The Morgan fingerprint density at radius 2 is 1.82 bits per heavy atom. The molecule has 0 aliphatic heterocycles. The molecule has 2 aromatic carbocycles. The first kappa shape index (κ1) is 13.1. The lowest BCUT2D eigenvalue weighted by atomic mass is 10.1. The van der Waals surface area contributed by atoms with Crippen molar-refractivity contribution in [2.75, 3.05) is 0 Å². The second-order valence-electron chi connectivity index (χ2n) is 5.63. The summed E-state index contributed by atoms with van der Waals surface area (Å²) in [6, 6.07) is 15.7. The minimum atomic E-state index is -0.182. The highest BCUT2D eigenvalue weighted by molar-refractivity contribution is 5.83. The Hall–Kier alpha value is -2.55. The van der Waals surface area contributed by atoms with Crippen LogP contribution in [0.4, 0.5) is 0 Å². The van der Waals surface area contributed by atoms with E-state index in [0.29, 0.717) is 12.2 Å². The van der Waals surface area contributed by atoms with Gasteiger partial charge in [0.15, 0.2) is 0 Å². The average molecular weight is 292 g/mol. The number of benzene rings is 2. The van der Waals surface area contributed by atoms with Crippen LogP contribution >= 0.6 is 0 Å². The number of aryl methyl sites for hydroxylation is 1. The Morgan fingerprint density at radius 1 is 1.00 bits per heavy atom. The molecule has 3 aromatic rings. The SMILES string of the molecule is O=c1oc2ccc(OCc3ccccc3)cc2c2c1CCC2. The summed E-state index contributed by atoms with van der Waals surface area (Å²) in [6.45, 7) is 0.533. The Kier molecular flexibility index (Phi) is 3.19. The van der Waals surface area contributed by atoms with E-state index in [0.717, 1.165) is 47.1 Å². The summed E-state index contributed by atoms with van der Waals surface area (Å²) in [4.78, 5) is 11.9. The molecule has 0 amide bonds. The molecule has 1 aliphatic carbocycles. The van der Waals surface area contributed by atoms with Gasteiger partial charge < -0.3 is 9.15 Å².